The van der Waals surface area contributed by atoms with Crippen LogP contribution in [0.15, 0.2) is 17.1 Å². The van der Waals surface area contributed by atoms with Gasteiger partial charge in [-0.15, -0.1) is 0 Å². The standard InChI is InChI=1S/C18H21F2N3O4/c1-27-17-14-11(16(24)12(18(25)26)9-23(14)5-3-19)6-13(20)15(17)22-4-2-10(7-21)8-22/h6,9-10H,2-5,7-8,21H2,1H3,(H,25,26). The molecule has 1 aliphatic rings. The second-order valence-electron chi connectivity index (χ2n) is 6.53. The Morgan fingerprint density at radius 1 is 1.48 bits per heavy atom. The molecule has 1 aliphatic heterocycles. The van der Waals surface area contributed by atoms with Crippen LogP contribution in [0, 0.1) is 11.7 Å². The number of pyridine rings is 1. The molecule has 2 aromatic rings. The first-order chi connectivity index (χ1) is 12.9. The first-order valence-corrected chi connectivity index (χ1v) is 8.60. The van der Waals surface area contributed by atoms with E-state index in [0.29, 0.717) is 19.6 Å². The predicted molar refractivity (Wildman–Crippen MR) is 97.0 cm³/mol. The van der Waals surface area contributed by atoms with Gasteiger partial charge < -0.3 is 25.0 Å². The number of benzene rings is 1. The molecule has 0 bridgehead atoms. The van der Waals surface area contributed by atoms with E-state index in [9.17, 15) is 23.5 Å². The summed E-state index contributed by atoms with van der Waals surface area (Å²) in [6.07, 6.45) is 1.87. The number of nitrogens with two attached hydrogens (primary N) is 1. The molecular weight excluding hydrogens is 360 g/mol. The van der Waals surface area contributed by atoms with E-state index >= 15 is 0 Å². The summed E-state index contributed by atoms with van der Waals surface area (Å²) in [5.74, 6) is -1.84. The third-order valence-corrected chi connectivity index (χ3v) is 4.94. The lowest BCUT2D eigenvalue weighted by atomic mass is 10.1. The van der Waals surface area contributed by atoms with Crippen molar-refractivity contribution >= 4 is 22.6 Å². The van der Waals surface area contributed by atoms with Crippen LogP contribution in [-0.4, -0.2) is 49.1 Å². The number of carbonyl (C=O) groups is 1. The van der Waals surface area contributed by atoms with E-state index in [1.54, 1.807) is 4.90 Å². The van der Waals surface area contributed by atoms with Crippen molar-refractivity contribution in [3.05, 3.63) is 33.9 Å². The molecule has 2 heterocycles. The molecule has 1 aromatic heterocycles. The molecule has 1 atom stereocenters. The molecule has 1 fully saturated rings. The number of anilines is 1. The van der Waals surface area contributed by atoms with E-state index in [1.165, 1.54) is 11.7 Å². The zero-order chi connectivity index (χ0) is 19.7. The quantitative estimate of drug-likeness (QED) is 0.789. The van der Waals surface area contributed by atoms with Gasteiger partial charge >= 0.3 is 5.97 Å². The lowest BCUT2D eigenvalue weighted by Gasteiger charge is -2.24. The van der Waals surface area contributed by atoms with E-state index < -0.39 is 29.5 Å². The second-order valence-corrected chi connectivity index (χ2v) is 6.53. The van der Waals surface area contributed by atoms with Crippen LogP contribution in [0.1, 0.15) is 16.8 Å². The van der Waals surface area contributed by atoms with Gasteiger partial charge in [0.15, 0.2) is 11.6 Å². The number of carboxylic acids is 1. The summed E-state index contributed by atoms with van der Waals surface area (Å²) in [5.41, 5.74) is 4.68. The van der Waals surface area contributed by atoms with Crippen molar-refractivity contribution in [2.75, 3.05) is 38.3 Å². The first kappa shape index (κ1) is 19.1. The van der Waals surface area contributed by atoms with E-state index in [4.69, 9.17) is 10.5 Å². The van der Waals surface area contributed by atoms with Gasteiger partial charge in [0.05, 0.1) is 24.6 Å². The van der Waals surface area contributed by atoms with Crippen LogP contribution in [0.3, 0.4) is 0 Å². The highest BCUT2D eigenvalue weighted by atomic mass is 19.1. The number of carboxylic acid groups (broad SMARTS) is 1. The highest BCUT2D eigenvalue weighted by Crippen LogP contribution is 2.40. The van der Waals surface area contributed by atoms with Crippen LogP contribution in [0.25, 0.3) is 10.9 Å². The monoisotopic (exact) mass is 381 g/mol. The minimum absolute atomic E-state index is 0.0881. The third-order valence-electron chi connectivity index (χ3n) is 4.94. The fraction of sp³-hybridized carbons (Fsp3) is 0.444. The number of ether oxygens (including phenoxy) is 1. The maximum absolute atomic E-state index is 15.0. The van der Waals surface area contributed by atoms with Crippen molar-refractivity contribution in [1.82, 2.24) is 4.57 Å². The number of hydrogen-bond acceptors (Lipinski definition) is 5. The van der Waals surface area contributed by atoms with Gasteiger partial charge in [0.1, 0.15) is 17.9 Å². The van der Waals surface area contributed by atoms with Gasteiger partial charge in [-0.3, -0.25) is 4.79 Å². The summed E-state index contributed by atoms with van der Waals surface area (Å²) >= 11 is 0. The SMILES string of the molecule is COc1c(N2CCC(CN)C2)c(F)cc2c(=O)c(C(=O)O)cn(CCF)c12. The number of alkyl halides is 1. The number of nitrogens with zero attached hydrogens (tertiary/aromatic N) is 2. The maximum Gasteiger partial charge on any atom is 0.341 e. The largest absolute Gasteiger partial charge is 0.492 e. The van der Waals surface area contributed by atoms with Crippen LogP contribution >= 0.6 is 0 Å². The first-order valence-electron chi connectivity index (χ1n) is 8.60. The van der Waals surface area contributed by atoms with Crippen molar-refractivity contribution in [2.24, 2.45) is 11.7 Å². The van der Waals surface area contributed by atoms with Crippen molar-refractivity contribution in [3.63, 3.8) is 0 Å². The Bertz CT molecular complexity index is 945. The van der Waals surface area contributed by atoms with Gasteiger partial charge in [-0.2, -0.15) is 0 Å². The zero-order valence-corrected chi connectivity index (χ0v) is 14.9. The molecule has 3 N–H and O–H groups in total. The molecule has 0 amide bonds. The smallest absolute Gasteiger partial charge is 0.341 e. The lowest BCUT2D eigenvalue weighted by molar-refractivity contribution is 0.0694. The van der Waals surface area contributed by atoms with Gasteiger partial charge in [-0.05, 0) is 24.9 Å². The molecule has 1 aromatic carbocycles. The molecule has 27 heavy (non-hydrogen) atoms. The highest BCUT2D eigenvalue weighted by Gasteiger charge is 2.29. The molecule has 0 aliphatic carbocycles. The summed E-state index contributed by atoms with van der Waals surface area (Å²) in [7, 11) is 1.34. The van der Waals surface area contributed by atoms with Gasteiger partial charge in [-0.25, -0.2) is 13.6 Å². The van der Waals surface area contributed by atoms with Gasteiger partial charge in [0.2, 0.25) is 5.43 Å². The fourth-order valence-corrected chi connectivity index (χ4v) is 3.62. The number of rotatable bonds is 6. The Balaban J connectivity index is 2.33. The average molecular weight is 381 g/mol. The molecule has 146 valence electrons. The van der Waals surface area contributed by atoms with E-state index in [1.807, 2.05) is 0 Å². The normalized spacial score (nSPS) is 16.9. The van der Waals surface area contributed by atoms with Crippen molar-refractivity contribution in [2.45, 2.75) is 13.0 Å². The molecule has 3 rings (SSSR count). The topological polar surface area (TPSA) is 97.8 Å². The number of methoxy groups -OCH3 is 1. The van der Waals surface area contributed by atoms with E-state index in [-0.39, 0.29) is 34.8 Å². The summed E-state index contributed by atoms with van der Waals surface area (Å²) in [6.45, 7) is 0.607. The summed E-state index contributed by atoms with van der Waals surface area (Å²) < 4.78 is 34.7. The number of halogens is 2. The number of fused-ring (bicyclic) bond motifs is 1. The Morgan fingerprint density at radius 3 is 2.78 bits per heavy atom. The number of hydrogen-bond donors (Lipinski definition) is 2. The molecule has 7 nitrogen and oxygen atoms in total. The lowest BCUT2D eigenvalue weighted by Crippen LogP contribution is -2.25. The molecule has 1 unspecified atom stereocenters. The Labute approximate surface area is 153 Å². The van der Waals surface area contributed by atoms with Crippen LogP contribution in [0.5, 0.6) is 5.75 Å². The molecule has 0 spiro atoms. The van der Waals surface area contributed by atoms with Gasteiger partial charge in [0.25, 0.3) is 0 Å². The van der Waals surface area contributed by atoms with Crippen LogP contribution in [0.2, 0.25) is 0 Å². The average Bonchev–Trinajstić information content (AvgIpc) is 3.11. The molecular formula is C18H21F2N3O4. The van der Waals surface area contributed by atoms with E-state index in [2.05, 4.69) is 0 Å². The zero-order valence-electron chi connectivity index (χ0n) is 14.9. The molecule has 9 heteroatoms. The number of aromatic nitrogens is 1. The summed E-state index contributed by atoms with van der Waals surface area (Å²) in [5, 5.41) is 9.09. The third kappa shape index (κ3) is 3.23. The summed E-state index contributed by atoms with van der Waals surface area (Å²) in [4.78, 5) is 25.7. The van der Waals surface area contributed by atoms with Crippen molar-refractivity contribution in [1.29, 1.82) is 0 Å². The summed E-state index contributed by atoms with van der Waals surface area (Å²) in [6, 6.07) is 1.01. The Hall–Kier alpha value is -2.68. The number of aryl methyl sites for hydroxylation is 1. The number of aromatic carboxylic acids is 1. The Kier molecular flexibility index (Phi) is 5.31. The van der Waals surface area contributed by atoms with Crippen LogP contribution < -0.4 is 20.8 Å². The second kappa shape index (κ2) is 7.51. The molecule has 0 radical (unpaired) electrons. The van der Waals surface area contributed by atoms with Crippen molar-refractivity contribution < 1.29 is 23.4 Å². The minimum Gasteiger partial charge on any atom is -0.492 e. The molecule has 0 saturated carbocycles. The predicted octanol–water partition coefficient (Wildman–Crippen LogP) is 1.60. The molecule has 1 saturated heterocycles. The Morgan fingerprint density at radius 2 is 2.22 bits per heavy atom. The van der Waals surface area contributed by atoms with E-state index in [0.717, 1.165) is 18.7 Å². The minimum atomic E-state index is -1.46. The highest BCUT2D eigenvalue weighted by molar-refractivity contribution is 5.97. The van der Waals surface area contributed by atoms with Crippen molar-refractivity contribution in [3.8, 4) is 5.75 Å². The van der Waals surface area contributed by atoms with Crippen LogP contribution in [-0.2, 0) is 6.54 Å². The van der Waals surface area contributed by atoms with Gasteiger partial charge in [-0.1, -0.05) is 0 Å². The van der Waals surface area contributed by atoms with Gasteiger partial charge in [0, 0.05) is 19.3 Å². The van der Waals surface area contributed by atoms with Crippen LogP contribution in [0.4, 0.5) is 14.5 Å². The fourth-order valence-electron chi connectivity index (χ4n) is 3.62. The maximum atomic E-state index is 15.0.